The fraction of sp³-hybridized carbons (Fsp3) is 0.0769. The van der Waals surface area contributed by atoms with Crippen molar-refractivity contribution < 1.29 is 4.92 Å². The molecule has 0 saturated heterocycles. The summed E-state index contributed by atoms with van der Waals surface area (Å²) in [6.45, 7) is 1.79. The van der Waals surface area contributed by atoms with Crippen LogP contribution in [0.2, 0.25) is 0 Å². The van der Waals surface area contributed by atoms with Crippen LogP contribution in [-0.4, -0.2) is 4.92 Å². The molecule has 3 nitrogen and oxygen atoms in total. The molecule has 2 rings (SSSR count). The van der Waals surface area contributed by atoms with Crippen molar-refractivity contribution in [3.05, 3.63) is 64.2 Å². The average molecular weight is 212 g/mol. The van der Waals surface area contributed by atoms with Crippen LogP contribution < -0.4 is 0 Å². The highest BCUT2D eigenvalue weighted by Gasteiger charge is 2.15. The third-order valence-corrected chi connectivity index (χ3v) is 2.34. The summed E-state index contributed by atoms with van der Waals surface area (Å²) >= 11 is 0. The molecule has 0 N–H and O–H groups in total. The van der Waals surface area contributed by atoms with Gasteiger partial charge in [-0.3, -0.25) is 10.1 Å². The highest BCUT2D eigenvalue weighted by molar-refractivity contribution is 5.73. The second-order valence-corrected chi connectivity index (χ2v) is 3.53. The van der Waals surface area contributed by atoms with Crippen LogP contribution in [0.3, 0.4) is 0 Å². The number of aryl methyl sites for hydroxylation is 1. The van der Waals surface area contributed by atoms with Crippen LogP contribution in [0.4, 0.5) is 5.69 Å². The molecule has 0 saturated carbocycles. The molecule has 0 aliphatic carbocycles. The van der Waals surface area contributed by atoms with Crippen molar-refractivity contribution in [3.63, 3.8) is 0 Å². The van der Waals surface area contributed by atoms with E-state index >= 15 is 0 Å². The number of rotatable bonds is 2. The SMILES string of the molecule is Cc1[c]c([N+](=O)[O-])c(-c2ccccc2)cc1. The van der Waals surface area contributed by atoms with Gasteiger partial charge in [0.1, 0.15) is 0 Å². The first-order chi connectivity index (χ1) is 7.68. The van der Waals surface area contributed by atoms with E-state index in [2.05, 4.69) is 6.07 Å². The Balaban J connectivity index is 2.61. The zero-order valence-electron chi connectivity index (χ0n) is 8.81. The average Bonchev–Trinajstić information content (AvgIpc) is 2.30. The smallest absolute Gasteiger partial charge is 0.258 e. The Kier molecular flexibility index (Phi) is 2.68. The second-order valence-electron chi connectivity index (χ2n) is 3.53. The summed E-state index contributed by atoms with van der Waals surface area (Å²) in [5, 5.41) is 10.9. The maximum absolute atomic E-state index is 10.9. The van der Waals surface area contributed by atoms with Crippen LogP contribution in [0.15, 0.2) is 42.5 Å². The lowest BCUT2D eigenvalue weighted by Crippen LogP contribution is -1.93. The number of benzene rings is 2. The fourth-order valence-corrected chi connectivity index (χ4v) is 1.58. The van der Waals surface area contributed by atoms with Crippen molar-refractivity contribution in [2.45, 2.75) is 6.92 Å². The molecule has 2 aromatic carbocycles. The predicted molar refractivity (Wildman–Crippen MR) is 62.1 cm³/mol. The van der Waals surface area contributed by atoms with Crippen molar-refractivity contribution in [3.8, 4) is 11.1 Å². The van der Waals surface area contributed by atoms with Gasteiger partial charge in [0.2, 0.25) is 0 Å². The summed E-state index contributed by atoms with van der Waals surface area (Å²) in [5.74, 6) is 0. The van der Waals surface area contributed by atoms with Gasteiger partial charge in [-0.25, -0.2) is 0 Å². The van der Waals surface area contributed by atoms with Crippen LogP contribution in [-0.2, 0) is 0 Å². The van der Waals surface area contributed by atoms with Crippen LogP contribution in [0.1, 0.15) is 5.56 Å². The molecular formula is C13H10NO2. The zero-order chi connectivity index (χ0) is 11.5. The topological polar surface area (TPSA) is 43.1 Å². The van der Waals surface area contributed by atoms with Gasteiger partial charge in [-0.15, -0.1) is 0 Å². The van der Waals surface area contributed by atoms with Gasteiger partial charge >= 0.3 is 0 Å². The normalized spacial score (nSPS) is 10.1. The first kappa shape index (κ1) is 10.4. The van der Waals surface area contributed by atoms with E-state index in [1.54, 1.807) is 13.0 Å². The molecule has 0 heterocycles. The highest BCUT2D eigenvalue weighted by Crippen LogP contribution is 2.29. The van der Waals surface area contributed by atoms with Crippen molar-refractivity contribution in [1.82, 2.24) is 0 Å². The summed E-state index contributed by atoms with van der Waals surface area (Å²) in [7, 11) is 0. The summed E-state index contributed by atoms with van der Waals surface area (Å²) in [4.78, 5) is 10.5. The zero-order valence-corrected chi connectivity index (χ0v) is 8.81. The summed E-state index contributed by atoms with van der Waals surface area (Å²) in [6, 6.07) is 15.7. The molecule has 0 aliphatic rings. The van der Waals surface area contributed by atoms with E-state index < -0.39 is 4.92 Å². The quantitative estimate of drug-likeness (QED) is 0.565. The summed E-state index contributed by atoms with van der Waals surface area (Å²) < 4.78 is 0. The van der Waals surface area contributed by atoms with E-state index in [-0.39, 0.29) is 5.69 Å². The monoisotopic (exact) mass is 212 g/mol. The minimum atomic E-state index is -0.394. The van der Waals surface area contributed by atoms with Crippen LogP contribution in [0.5, 0.6) is 0 Å². The van der Waals surface area contributed by atoms with E-state index in [0.717, 1.165) is 11.1 Å². The molecule has 16 heavy (non-hydrogen) atoms. The van der Waals surface area contributed by atoms with E-state index in [9.17, 15) is 10.1 Å². The third-order valence-electron chi connectivity index (χ3n) is 2.34. The first-order valence-electron chi connectivity index (χ1n) is 4.91. The van der Waals surface area contributed by atoms with Gasteiger partial charge < -0.3 is 0 Å². The standard InChI is InChI=1S/C13H10NO2/c1-10-7-8-12(13(9-10)14(15)16)11-5-3-2-4-6-11/h2-8H,1H3. The molecule has 0 aliphatic heterocycles. The Morgan fingerprint density at radius 3 is 2.44 bits per heavy atom. The van der Waals surface area contributed by atoms with E-state index in [0.29, 0.717) is 5.56 Å². The molecule has 79 valence electrons. The van der Waals surface area contributed by atoms with E-state index in [1.807, 2.05) is 36.4 Å². The van der Waals surface area contributed by atoms with E-state index in [1.165, 1.54) is 0 Å². The van der Waals surface area contributed by atoms with Gasteiger partial charge in [-0.2, -0.15) is 0 Å². The van der Waals surface area contributed by atoms with Crippen molar-refractivity contribution >= 4 is 5.69 Å². The maximum atomic E-state index is 10.9. The predicted octanol–water partition coefficient (Wildman–Crippen LogP) is 3.37. The summed E-state index contributed by atoms with van der Waals surface area (Å²) in [5.41, 5.74) is 2.25. The Labute approximate surface area is 93.5 Å². The molecule has 1 radical (unpaired) electrons. The molecule has 0 atom stereocenters. The van der Waals surface area contributed by atoms with Gasteiger partial charge in [0, 0.05) is 0 Å². The lowest BCUT2D eigenvalue weighted by molar-refractivity contribution is -0.384. The molecule has 0 spiro atoms. The molecule has 0 fully saturated rings. The maximum Gasteiger partial charge on any atom is 0.285 e. The number of nitro groups is 1. The third kappa shape index (κ3) is 1.93. The number of nitrogens with zero attached hydrogens (tertiary/aromatic N) is 1. The van der Waals surface area contributed by atoms with Gasteiger partial charge in [0.25, 0.3) is 5.69 Å². The van der Waals surface area contributed by atoms with Gasteiger partial charge in [0.05, 0.1) is 16.6 Å². The first-order valence-corrected chi connectivity index (χ1v) is 4.91. The van der Waals surface area contributed by atoms with Gasteiger partial charge in [-0.1, -0.05) is 36.4 Å². The molecule has 3 heteroatoms. The van der Waals surface area contributed by atoms with Crippen molar-refractivity contribution in [1.29, 1.82) is 0 Å². The second kappa shape index (κ2) is 4.14. The Bertz CT molecular complexity index is 521. The van der Waals surface area contributed by atoms with Crippen LogP contribution in [0.25, 0.3) is 11.1 Å². The van der Waals surface area contributed by atoms with Crippen molar-refractivity contribution in [2.24, 2.45) is 0 Å². The number of hydrogen-bond donors (Lipinski definition) is 0. The van der Waals surface area contributed by atoms with Gasteiger partial charge in [0.15, 0.2) is 0 Å². The van der Waals surface area contributed by atoms with E-state index in [4.69, 9.17) is 0 Å². The highest BCUT2D eigenvalue weighted by atomic mass is 16.6. The molecule has 0 amide bonds. The van der Waals surface area contributed by atoms with Gasteiger partial charge in [-0.05, 0) is 24.1 Å². The molecular weight excluding hydrogens is 202 g/mol. The fourth-order valence-electron chi connectivity index (χ4n) is 1.58. The summed E-state index contributed by atoms with van der Waals surface area (Å²) in [6.07, 6.45) is 0. The minimum absolute atomic E-state index is 0.0335. The molecule has 0 unspecified atom stereocenters. The number of nitro benzene ring substituents is 1. The Morgan fingerprint density at radius 2 is 1.81 bits per heavy atom. The lowest BCUT2D eigenvalue weighted by Gasteiger charge is -2.03. The van der Waals surface area contributed by atoms with Crippen molar-refractivity contribution in [2.75, 3.05) is 0 Å². The molecule has 0 aromatic heterocycles. The number of hydrogen-bond acceptors (Lipinski definition) is 2. The molecule has 0 bridgehead atoms. The van der Waals surface area contributed by atoms with Crippen LogP contribution in [0, 0.1) is 23.1 Å². The van der Waals surface area contributed by atoms with Crippen LogP contribution >= 0.6 is 0 Å². The molecule has 2 aromatic rings. The Morgan fingerprint density at radius 1 is 1.12 bits per heavy atom. The Hall–Kier alpha value is -2.16. The largest absolute Gasteiger partial charge is 0.285 e. The lowest BCUT2D eigenvalue weighted by atomic mass is 10.0. The minimum Gasteiger partial charge on any atom is -0.258 e.